The van der Waals surface area contributed by atoms with Crippen LogP contribution >= 0.6 is 0 Å². The van der Waals surface area contributed by atoms with Gasteiger partial charge in [-0.1, -0.05) is 27.7 Å². The average Bonchev–Trinajstić information content (AvgIpc) is 2.60. The maximum absolute atomic E-state index is 5.51. The predicted octanol–water partition coefficient (Wildman–Crippen LogP) is 2.48. The van der Waals surface area contributed by atoms with E-state index in [1.165, 1.54) is 19.2 Å². The van der Waals surface area contributed by atoms with E-state index in [4.69, 9.17) is 11.5 Å². The van der Waals surface area contributed by atoms with E-state index in [1.807, 2.05) is 13.8 Å². The molecule has 1 aliphatic rings. The van der Waals surface area contributed by atoms with Crippen molar-refractivity contribution in [2.75, 3.05) is 0 Å². The first-order valence-corrected chi connectivity index (χ1v) is 5.86. The van der Waals surface area contributed by atoms with Gasteiger partial charge in [-0.2, -0.15) is 0 Å². The summed E-state index contributed by atoms with van der Waals surface area (Å²) in [5.41, 5.74) is 11.7. The molecule has 0 aromatic heterocycles. The van der Waals surface area contributed by atoms with Crippen molar-refractivity contribution in [1.29, 1.82) is 0 Å². The first-order chi connectivity index (χ1) is 7.20. The first kappa shape index (κ1) is 14.0. The molecule has 1 saturated carbocycles. The molecular formula is C12H25N3. The summed E-state index contributed by atoms with van der Waals surface area (Å²) in [6.45, 7) is 8.54. The van der Waals surface area contributed by atoms with Gasteiger partial charge in [-0.05, 0) is 24.7 Å². The number of aliphatic imine (C=N–C) groups is 1. The number of hydrogen-bond acceptors (Lipinski definition) is 2. The molecule has 1 rings (SSSR count). The monoisotopic (exact) mass is 211 g/mol. The smallest absolute Gasteiger partial charge is 0.0857 e. The molecule has 15 heavy (non-hydrogen) atoms. The lowest BCUT2D eigenvalue weighted by Gasteiger charge is -2.17. The van der Waals surface area contributed by atoms with Crippen LogP contribution in [0, 0.1) is 17.8 Å². The van der Waals surface area contributed by atoms with E-state index in [9.17, 15) is 0 Å². The zero-order valence-electron chi connectivity index (χ0n) is 10.4. The van der Waals surface area contributed by atoms with Crippen LogP contribution in [0.15, 0.2) is 16.9 Å². The zero-order chi connectivity index (χ0) is 11.8. The lowest BCUT2D eigenvalue weighted by Crippen LogP contribution is -2.12. The molecule has 0 aromatic carbocycles. The van der Waals surface area contributed by atoms with Gasteiger partial charge < -0.3 is 11.5 Å². The first-order valence-electron chi connectivity index (χ1n) is 5.86. The van der Waals surface area contributed by atoms with Gasteiger partial charge in [-0.3, -0.25) is 0 Å². The van der Waals surface area contributed by atoms with Gasteiger partial charge in [-0.15, -0.1) is 0 Å². The number of nitrogens with two attached hydrogens (primary N) is 2. The maximum atomic E-state index is 5.51. The van der Waals surface area contributed by atoms with Crippen molar-refractivity contribution in [3.63, 3.8) is 0 Å². The van der Waals surface area contributed by atoms with E-state index in [2.05, 4.69) is 18.8 Å². The Morgan fingerprint density at radius 1 is 1.20 bits per heavy atom. The van der Waals surface area contributed by atoms with Crippen LogP contribution in [-0.2, 0) is 0 Å². The largest absolute Gasteiger partial charge is 0.403 e. The topological polar surface area (TPSA) is 64.4 Å². The highest BCUT2D eigenvalue weighted by molar-refractivity contribution is 5.53. The Morgan fingerprint density at radius 3 is 2.13 bits per heavy atom. The minimum Gasteiger partial charge on any atom is -0.403 e. The third-order valence-corrected chi connectivity index (χ3v) is 3.24. The van der Waals surface area contributed by atoms with E-state index in [1.54, 1.807) is 6.20 Å². The molecule has 3 heteroatoms. The second kappa shape index (κ2) is 7.32. The molecule has 88 valence electrons. The highest BCUT2D eigenvalue weighted by Crippen LogP contribution is 2.40. The molecule has 0 bridgehead atoms. The SMILES string of the molecule is CC.CC1CCC(/C(=C/N)N=CN)C1C. The fourth-order valence-corrected chi connectivity index (χ4v) is 2.13. The van der Waals surface area contributed by atoms with Crippen molar-refractivity contribution in [1.82, 2.24) is 0 Å². The summed E-state index contributed by atoms with van der Waals surface area (Å²) in [6.07, 6.45) is 5.36. The predicted molar refractivity (Wildman–Crippen MR) is 67.3 cm³/mol. The molecule has 3 unspecified atom stereocenters. The summed E-state index contributed by atoms with van der Waals surface area (Å²) in [4.78, 5) is 4.10. The minimum atomic E-state index is 0.500. The standard InChI is InChI=1S/C10H19N3.C2H6/c1-7-3-4-9(8(7)2)10(5-11)13-6-12;1-2/h5-9H,3-4,11H2,1-2H3,(H2,12,13);1-2H3/b10-5-;. The highest BCUT2D eigenvalue weighted by atomic mass is 14.8. The number of rotatable bonds is 2. The van der Waals surface area contributed by atoms with Crippen LogP contribution in [0.5, 0.6) is 0 Å². The average molecular weight is 211 g/mol. The van der Waals surface area contributed by atoms with Crippen LogP contribution < -0.4 is 11.5 Å². The summed E-state index contributed by atoms with van der Waals surface area (Å²) in [5, 5.41) is 0. The summed E-state index contributed by atoms with van der Waals surface area (Å²) >= 11 is 0. The lowest BCUT2D eigenvalue weighted by atomic mass is 9.90. The molecule has 0 amide bonds. The van der Waals surface area contributed by atoms with Crippen LogP contribution in [0.25, 0.3) is 0 Å². The number of nitrogens with zero attached hydrogens (tertiary/aromatic N) is 1. The zero-order valence-corrected chi connectivity index (χ0v) is 10.4. The molecule has 0 heterocycles. The normalized spacial score (nSPS) is 31.5. The molecule has 0 aliphatic heterocycles. The highest BCUT2D eigenvalue weighted by Gasteiger charge is 2.31. The molecule has 3 atom stereocenters. The summed E-state index contributed by atoms with van der Waals surface area (Å²) in [5.74, 6) is 1.94. The van der Waals surface area contributed by atoms with Gasteiger partial charge in [0.15, 0.2) is 0 Å². The van der Waals surface area contributed by atoms with Gasteiger partial charge in [0.1, 0.15) is 0 Å². The number of allylic oxidation sites excluding steroid dienone is 1. The lowest BCUT2D eigenvalue weighted by molar-refractivity contribution is 0.392. The van der Waals surface area contributed by atoms with Crippen molar-refractivity contribution < 1.29 is 0 Å². The van der Waals surface area contributed by atoms with Crippen molar-refractivity contribution in [2.24, 2.45) is 34.2 Å². The quantitative estimate of drug-likeness (QED) is 0.544. The third kappa shape index (κ3) is 3.57. The second-order valence-corrected chi connectivity index (χ2v) is 3.89. The van der Waals surface area contributed by atoms with E-state index in [0.29, 0.717) is 11.8 Å². The Hall–Kier alpha value is -0.990. The molecule has 1 fully saturated rings. The van der Waals surface area contributed by atoms with Gasteiger partial charge in [0, 0.05) is 12.1 Å². The van der Waals surface area contributed by atoms with E-state index >= 15 is 0 Å². The van der Waals surface area contributed by atoms with Crippen molar-refractivity contribution in [2.45, 2.75) is 40.5 Å². The maximum Gasteiger partial charge on any atom is 0.0857 e. The van der Waals surface area contributed by atoms with E-state index in [-0.39, 0.29) is 0 Å². The summed E-state index contributed by atoms with van der Waals surface area (Å²) in [6, 6.07) is 0. The molecular weight excluding hydrogens is 186 g/mol. The van der Waals surface area contributed by atoms with Gasteiger partial charge in [0.25, 0.3) is 0 Å². The van der Waals surface area contributed by atoms with Crippen molar-refractivity contribution in [3.05, 3.63) is 11.9 Å². The minimum absolute atomic E-state index is 0.500. The van der Waals surface area contributed by atoms with Gasteiger partial charge in [0.05, 0.1) is 12.0 Å². The molecule has 0 spiro atoms. The van der Waals surface area contributed by atoms with Crippen LogP contribution in [0.3, 0.4) is 0 Å². The van der Waals surface area contributed by atoms with Crippen LogP contribution in [0.4, 0.5) is 0 Å². The molecule has 3 nitrogen and oxygen atoms in total. The fourth-order valence-electron chi connectivity index (χ4n) is 2.13. The molecule has 0 aromatic rings. The molecule has 1 aliphatic carbocycles. The fraction of sp³-hybridized carbons (Fsp3) is 0.750. The second-order valence-electron chi connectivity index (χ2n) is 3.89. The summed E-state index contributed by atoms with van der Waals surface area (Å²) in [7, 11) is 0. The van der Waals surface area contributed by atoms with Crippen molar-refractivity contribution >= 4 is 6.34 Å². The molecule has 0 saturated heterocycles. The third-order valence-electron chi connectivity index (χ3n) is 3.24. The number of hydrogen-bond donors (Lipinski definition) is 2. The van der Waals surface area contributed by atoms with Crippen LogP contribution in [-0.4, -0.2) is 6.34 Å². The van der Waals surface area contributed by atoms with Crippen LogP contribution in [0.1, 0.15) is 40.5 Å². The van der Waals surface area contributed by atoms with E-state index in [0.717, 1.165) is 11.6 Å². The molecule has 4 N–H and O–H groups in total. The Labute approximate surface area is 93.6 Å². The van der Waals surface area contributed by atoms with Crippen LogP contribution in [0.2, 0.25) is 0 Å². The van der Waals surface area contributed by atoms with E-state index < -0.39 is 0 Å². The summed E-state index contributed by atoms with van der Waals surface area (Å²) < 4.78 is 0. The molecule has 0 radical (unpaired) electrons. The Morgan fingerprint density at radius 2 is 1.80 bits per heavy atom. The Bertz CT molecular complexity index is 221. The Kier molecular flexibility index (Phi) is 6.84. The Balaban J connectivity index is 0.000000921. The van der Waals surface area contributed by atoms with Gasteiger partial charge in [0.2, 0.25) is 0 Å². The van der Waals surface area contributed by atoms with Gasteiger partial charge in [-0.25, -0.2) is 4.99 Å². The van der Waals surface area contributed by atoms with Gasteiger partial charge >= 0.3 is 0 Å². The van der Waals surface area contributed by atoms with Crippen molar-refractivity contribution in [3.8, 4) is 0 Å².